The SMILES string of the molecule is Cc1ccc(S(=O)(=O)N2CC(c3ccc(Cl)cc3)=CCC2C(C)C)cc1. The van der Waals surface area contributed by atoms with Crippen LogP contribution in [0.15, 0.2) is 59.5 Å². The van der Waals surface area contributed by atoms with Gasteiger partial charge in [0, 0.05) is 17.6 Å². The van der Waals surface area contributed by atoms with Gasteiger partial charge in [0.1, 0.15) is 0 Å². The molecule has 1 aliphatic rings. The summed E-state index contributed by atoms with van der Waals surface area (Å²) in [6, 6.07) is 14.6. The van der Waals surface area contributed by atoms with E-state index in [0.717, 1.165) is 16.7 Å². The van der Waals surface area contributed by atoms with Crippen LogP contribution in [0.3, 0.4) is 0 Å². The van der Waals surface area contributed by atoms with Crippen LogP contribution >= 0.6 is 11.6 Å². The summed E-state index contributed by atoms with van der Waals surface area (Å²) in [5, 5.41) is 0.675. The molecule has 1 heterocycles. The molecule has 0 spiro atoms. The molecule has 1 aliphatic heterocycles. The van der Waals surface area contributed by atoms with Gasteiger partial charge in [-0.25, -0.2) is 8.42 Å². The van der Waals surface area contributed by atoms with E-state index in [1.807, 2.05) is 43.3 Å². The van der Waals surface area contributed by atoms with E-state index in [9.17, 15) is 8.42 Å². The van der Waals surface area contributed by atoms with Crippen LogP contribution in [0.25, 0.3) is 5.57 Å². The molecule has 0 saturated carbocycles. The summed E-state index contributed by atoms with van der Waals surface area (Å²) in [6.07, 6.45) is 2.87. The summed E-state index contributed by atoms with van der Waals surface area (Å²) < 4.78 is 28.3. The molecule has 2 aromatic rings. The first-order chi connectivity index (χ1) is 12.3. The van der Waals surface area contributed by atoms with Crippen molar-refractivity contribution >= 4 is 27.2 Å². The molecule has 26 heavy (non-hydrogen) atoms. The lowest BCUT2D eigenvalue weighted by Crippen LogP contribution is -2.45. The molecule has 3 nitrogen and oxygen atoms in total. The van der Waals surface area contributed by atoms with Crippen LogP contribution in [0.4, 0.5) is 0 Å². The van der Waals surface area contributed by atoms with Gasteiger partial charge in [0.05, 0.1) is 4.90 Å². The highest BCUT2D eigenvalue weighted by Gasteiger charge is 2.35. The molecule has 0 fully saturated rings. The highest BCUT2D eigenvalue weighted by atomic mass is 35.5. The lowest BCUT2D eigenvalue weighted by atomic mass is 9.93. The molecular formula is C21H24ClNO2S. The van der Waals surface area contributed by atoms with Crippen molar-refractivity contribution in [1.82, 2.24) is 4.31 Å². The topological polar surface area (TPSA) is 37.4 Å². The van der Waals surface area contributed by atoms with Crippen molar-refractivity contribution in [3.05, 3.63) is 70.8 Å². The van der Waals surface area contributed by atoms with E-state index in [4.69, 9.17) is 11.6 Å². The summed E-state index contributed by atoms with van der Waals surface area (Å²) in [5.41, 5.74) is 3.08. The average Bonchev–Trinajstić information content (AvgIpc) is 2.62. The van der Waals surface area contributed by atoms with Gasteiger partial charge in [-0.3, -0.25) is 0 Å². The van der Waals surface area contributed by atoms with Gasteiger partial charge in [-0.1, -0.05) is 61.4 Å². The first-order valence-corrected chi connectivity index (χ1v) is 10.6. The van der Waals surface area contributed by atoms with Crippen molar-refractivity contribution < 1.29 is 8.42 Å². The van der Waals surface area contributed by atoms with Crippen LogP contribution in [-0.4, -0.2) is 25.3 Å². The van der Waals surface area contributed by atoms with Gasteiger partial charge in [-0.15, -0.1) is 0 Å². The molecule has 0 N–H and O–H groups in total. The lowest BCUT2D eigenvalue weighted by Gasteiger charge is -2.37. The quantitative estimate of drug-likeness (QED) is 0.725. The molecule has 1 unspecified atom stereocenters. The molecule has 5 heteroatoms. The Balaban J connectivity index is 1.98. The molecule has 0 aromatic heterocycles. The van der Waals surface area contributed by atoms with Crippen molar-refractivity contribution in [3.63, 3.8) is 0 Å². The highest BCUT2D eigenvalue weighted by Crippen LogP contribution is 2.32. The predicted octanol–water partition coefficient (Wildman–Crippen LogP) is 5.15. The van der Waals surface area contributed by atoms with Crippen LogP contribution in [0.5, 0.6) is 0 Å². The standard InChI is InChI=1S/C21H24ClNO2S/c1-15(2)21-13-8-18(17-6-9-19(22)10-7-17)14-23(21)26(24,25)20-11-4-16(3)5-12-20/h4-12,15,21H,13-14H2,1-3H3. The van der Waals surface area contributed by atoms with Crippen molar-refractivity contribution in [2.75, 3.05) is 6.54 Å². The number of aryl methyl sites for hydroxylation is 1. The zero-order chi connectivity index (χ0) is 18.9. The Labute approximate surface area is 161 Å². The summed E-state index contributed by atoms with van der Waals surface area (Å²) in [7, 11) is -3.56. The molecular weight excluding hydrogens is 366 g/mol. The Bertz CT molecular complexity index is 900. The van der Waals surface area contributed by atoms with Crippen LogP contribution < -0.4 is 0 Å². The zero-order valence-electron chi connectivity index (χ0n) is 15.3. The average molecular weight is 390 g/mol. The lowest BCUT2D eigenvalue weighted by molar-refractivity contribution is 0.271. The summed E-state index contributed by atoms with van der Waals surface area (Å²) in [5.74, 6) is 0.234. The molecule has 0 amide bonds. The van der Waals surface area contributed by atoms with Gasteiger partial charge in [-0.2, -0.15) is 4.31 Å². The fourth-order valence-electron chi connectivity index (χ4n) is 3.32. The van der Waals surface area contributed by atoms with Gasteiger partial charge in [0.25, 0.3) is 0 Å². The smallest absolute Gasteiger partial charge is 0.207 e. The fraction of sp³-hybridized carbons (Fsp3) is 0.333. The monoisotopic (exact) mass is 389 g/mol. The second-order valence-electron chi connectivity index (χ2n) is 7.15. The van der Waals surface area contributed by atoms with Crippen molar-refractivity contribution in [2.24, 2.45) is 5.92 Å². The third-order valence-corrected chi connectivity index (χ3v) is 7.05. The van der Waals surface area contributed by atoms with Crippen molar-refractivity contribution in [3.8, 4) is 0 Å². The van der Waals surface area contributed by atoms with Crippen LogP contribution in [0.2, 0.25) is 5.02 Å². The summed E-state index contributed by atoms with van der Waals surface area (Å²) in [6.45, 7) is 6.48. The van der Waals surface area contributed by atoms with Gasteiger partial charge in [0.15, 0.2) is 0 Å². The fourth-order valence-corrected chi connectivity index (χ4v) is 5.19. The van der Waals surface area contributed by atoms with Crippen molar-refractivity contribution in [1.29, 1.82) is 0 Å². The van der Waals surface area contributed by atoms with E-state index >= 15 is 0 Å². The number of hydrogen-bond acceptors (Lipinski definition) is 2. The number of halogens is 1. The van der Waals surface area contributed by atoms with Crippen LogP contribution in [0.1, 0.15) is 31.4 Å². The summed E-state index contributed by atoms with van der Waals surface area (Å²) in [4.78, 5) is 0.353. The molecule has 2 aromatic carbocycles. The number of hydrogen-bond donors (Lipinski definition) is 0. The third kappa shape index (κ3) is 3.88. The first-order valence-electron chi connectivity index (χ1n) is 8.82. The Hall–Kier alpha value is -1.62. The second kappa shape index (κ2) is 7.55. The van der Waals surface area contributed by atoms with Gasteiger partial charge in [0.2, 0.25) is 10.0 Å². The number of benzene rings is 2. The number of sulfonamides is 1. The molecule has 0 bridgehead atoms. The largest absolute Gasteiger partial charge is 0.243 e. The maximum absolute atomic E-state index is 13.3. The maximum atomic E-state index is 13.3. The van der Waals surface area contributed by atoms with Gasteiger partial charge >= 0.3 is 0 Å². The molecule has 1 atom stereocenters. The highest BCUT2D eigenvalue weighted by molar-refractivity contribution is 7.89. The summed E-state index contributed by atoms with van der Waals surface area (Å²) >= 11 is 5.98. The maximum Gasteiger partial charge on any atom is 0.243 e. The molecule has 0 radical (unpaired) electrons. The van der Waals surface area contributed by atoms with E-state index in [1.165, 1.54) is 0 Å². The van der Waals surface area contributed by atoms with Gasteiger partial charge < -0.3 is 0 Å². The zero-order valence-corrected chi connectivity index (χ0v) is 16.9. The second-order valence-corrected chi connectivity index (χ2v) is 9.47. The predicted molar refractivity (Wildman–Crippen MR) is 108 cm³/mol. The molecule has 3 rings (SSSR count). The van der Waals surface area contributed by atoms with E-state index in [0.29, 0.717) is 22.9 Å². The third-order valence-electron chi connectivity index (χ3n) is 4.91. The van der Waals surface area contributed by atoms with Crippen LogP contribution in [0, 0.1) is 12.8 Å². The molecule has 0 aliphatic carbocycles. The Morgan fingerprint density at radius 2 is 1.65 bits per heavy atom. The van der Waals surface area contributed by atoms with E-state index in [1.54, 1.807) is 16.4 Å². The number of nitrogens with zero attached hydrogens (tertiary/aromatic N) is 1. The first kappa shape index (κ1) is 19.2. The van der Waals surface area contributed by atoms with E-state index in [2.05, 4.69) is 19.9 Å². The molecule has 0 saturated heterocycles. The van der Waals surface area contributed by atoms with Crippen LogP contribution in [-0.2, 0) is 10.0 Å². The minimum atomic E-state index is -3.56. The van der Waals surface area contributed by atoms with E-state index < -0.39 is 10.0 Å². The molecule has 138 valence electrons. The van der Waals surface area contributed by atoms with E-state index in [-0.39, 0.29) is 12.0 Å². The Morgan fingerprint density at radius 3 is 2.23 bits per heavy atom. The van der Waals surface area contributed by atoms with Gasteiger partial charge in [-0.05, 0) is 54.7 Å². The Kier molecular flexibility index (Phi) is 5.56. The van der Waals surface area contributed by atoms with Crippen molar-refractivity contribution in [2.45, 2.75) is 38.1 Å². The minimum Gasteiger partial charge on any atom is -0.207 e. The normalized spacial score (nSPS) is 18.8. The minimum absolute atomic E-state index is 0.0441. The number of rotatable bonds is 4. The Morgan fingerprint density at radius 1 is 1.04 bits per heavy atom.